The number of aryl methyl sites for hydroxylation is 1. The number of rotatable bonds is 15. The van der Waals surface area contributed by atoms with Crippen molar-refractivity contribution in [3.8, 4) is 17.2 Å². The predicted molar refractivity (Wildman–Crippen MR) is 204 cm³/mol. The van der Waals surface area contributed by atoms with Gasteiger partial charge in [-0.05, 0) is 81.7 Å². The second kappa shape index (κ2) is 16.8. The average molecular weight is 758 g/mol. The normalized spacial score (nSPS) is 13.5. The molecule has 1 atom stereocenters. The molecule has 3 aromatic carbocycles. The number of amides is 2. The van der Waals surface area contributed by atoms with E-state index in [-0.39, 0.29) is 40.1 Å². The van der Waals surface area contributed by atoms with Crippen LogP contribution < -0.4 is 30.6 Å². The lowest BCUT2D eigenvalue weighted by Crippen LogP contribution is -2.29. The number of unbranched alkanes of at least 4 members (excludes halogenated alkanes) is 1. The zero-order chi connectivity index (χ0) is 39.2. The topological polar surface area (TPSA) is 208 Å². The lowest BCUT2D eigenvalue weighted by Gasteiger charge is -2.18. The number of aromatic nitrogens is 1. The van der Waals surface area contributed by atoms with Crippen molar-refractivity contribution in [2.45, 2.75) is 64.9 Å². The first-order chi connectivity index (χ1) is 25.7. The van der Waals surface area contributed by atoms with Gasteiger partial charge in [-0.2, -0.15) is 0 Å². The number of hydrogen-bond donors (Lipinski definition) is 5. The number of nitrogens with two attached hydrogens (primary N) is 1. The summed E-state index contributed by atoms with van der Waals surface area (Å²) in [4.78, 5) is 55.3. The van der Waals surface area contributed by atoms with Crippen molar-refractivity contribution in [1.82, 2.24) is 10.3 Å². The molecule has 0 saturated heterocycles. The number of sulfonamides is 1. The molecule has 0 bridgehead atoms. The maximum Gasteiger partial charge on any atom is 0.352 e. The average Bonchev–Trinajstić information content (AvgIpc) is 3.59. The Morgan fingerprint density at radius 3 is 2.39 bits per heavy atom. The van der Waals surface area contributed by atoms with Gasteiger partial charge >= 0.3 is 11.9 Å². The fourth-order valence-electron chi connectivity index (χ4n) is 5.77. The lowest BCUT2D eigenvalue weighted by molar-refractivity contribution is -0.143. The third-order valence-corrected chi connectivity index (χ3v) is 9.49. The molecular formula is C39H43N5O9S. The van der Waals surface area contributed by atoms with E-state index in [2.05, 4.69) is 20.9 Å². The largest absolute Gasteiger partial charge is 0.456 e. The molecule has 1 aromatic heterocycles. The highest BCUT2D eigenvalue weighted by Gasteiger charge is 2.29. The number of esters is 2. The van der Waals surface area contributed by atoms with Gasteiger partial charge in [0, 0.05) is 41.8 Å². The third-order valence-electron chi connectivity index (χ3n) is 8.56. The molecule has 2 amide bonds. The van der Waals surface area contributed by atoms with Gasteiger partial charge in [-0.15, -0.1) is 0 Å². The Labute approximate surface area is 313 Å². The second-order valence-corrected chi connectivity index (χ2v) is 14.2. The minimum absolute atomic E-state index is 0.0731. The quantitative estimate of drug-likeness (QED) is 0.0409. The molecule has 0 saturated carbocycles. The molecule has 4 aromatic rings. The van der Waals surface area contributed by atoms with E-state index in [0.29, 0.717) is 52.6 Å². The van der Waals surface area contributed by atoms with Crippen molar-refractivity contribution in [2.24, 2.45) is 5.14 Å². The zero-order valence-corrected chi connectivity index (χ0v) is 31.4. The maximum absolute atomic E-state index is 13.5. The van der Waals surface area contributed by atoms with E-state index in [1.807, 2.05) is 13.8 Å². The van der Waals surface area contributed by atoms with Crippen LogP contribution in [0.2, 0.25) is 0 Å². The highest BCUT2D eigenvalue weighted by Crippen LogP contribution is 2.37. The van der Waals surface area contributed by atoms with E-state index in [0.717, 1.165) is 25.3 Å². The Balaban J connectivity index is 1.37. The van der Waals surface area contributed by atoms with Crippen LogP contribution in [-0.2, 0) is 24.3 Å². The Bertz CT molecular complexity index is 2230. The highest BCUT2D eigenvalue weighted by molar-refractivity contribution is 7.89. The number of fused-ring (bicyclic) bond motifs is 1. The first-order valence-electron chi connectivity index (χ1n) is 17.5. The van der Waals surface area contributed by atoms with Crippen molar-refractivity contribution >= 4 is 56.8 Å². The summed E-state index contributed by atoms with van der Waals surface area (Å²) in [5, 5.41) is 14.3. The summed E-state index contributed by atoms with van der Waals surface area (Å²) in [6.07, 6.45) is 2.56. The molecule has 1 unspecified atom stereocenters. The smallest absolute Gasteiger partial charge is 0.352 e. The molecule has 2 heterocycles. The molecule has 284 valence electrons. The number of carbonyl (C=O) groups is 4. The minimum atomic E-state index is -4.39. The molecular weight excluding hydrogens is 715 g/mol. The van der Waals surface area contributed by atoms with Crippen LogP contribution in [0.4, 0.5) is 11.4 Å². The number of primary sulfonamides is 1. The Kier molecular flexibility index (Phi) is 12.2. The predicted octanol–water partition coefficient (Wildman–Crippen LogP) is 6.07. The second-order valence-electron chi connectivity index (χ2n) is 12.7. The number of H-pyrrole nitrogens is 1. The number of ether oxygens (including phenoxy) is 3. The number of para-hydroxylation sites is 1. The van der Waals surface area contributed by atoms with E-state index in [9.17, 15) is 27.6 Å². The Morgan fingerprint density at radius 2 is 1.70 bits per heavy atom. The number of carbonyl (C=O) groups excluding carboxylic acids is 4. The number of hydrogen-bond acceptors (Lipinski definition) is 10. The maximum atomic E-state index is 13.5. The monoisotopic (exact) mass is 757 g/mol. The van der Waals surface area contributed by atoms with Gasteiger partial charge in [0.15, 0.2) is 6.10 Å². The van der Waals surface area contributed by atoms with Crippen LogP contribution in [0.15, 0.2) is 65.6 Å². The third kappa shape index (κ3) is 8.98. The molecule has 14 nitrogen and oxygen atoms in total. The summed E-state index contributed by atoms with van der Waals surface area (Å²) in [7, 11) is -4.39. The standard InChI is InChI=1S/C39H43N5O9S/c1-6-8-17-41-32-21-33(52-25-12-10-9-11-13-25)34(54(40,49)50)20-29(32)39(48)51-24(5)38(47)53-26-14-15-30-27(18-26)28(36(45)44-30)19-31-22(3)35(23(4)43-31)37(46)42-16-7-2/h9-15,18-21,24,41,43H,6-8,16-17H2,1-5H3,(H,42,46)(H,44,45)(H2,40,49,50)/b28-19-. The van der Waals surface area contributed by atoms with Crippen LogP contribution in [0.5, 0.6) is 17.2 Å². The van der Waals surface area contributed by atoms with Gasteiger partial charge in [-0.1, -0.05) is 38.5 Å². The minimum Gasteiger partial charge on any atom is -0.456 e. The molecule has 0 fully saturated rings. The molecule has 0 spiro atoms. The number of nitrogens with one attached hydrogen (secondary N) is 4. The summed E-state index contributed by atoms with van der Waals surface area (Å²) in [5.41, 5.74) is 3.64. The van der Waals surface area contributed by atoms with Gasteiger partial charge in [-0.3, -0.25) is 9.59 Å². The molecule has 0 aliphatic carbocycles. The molecule has 5 rings (SSSR count). The number of aromatic amines is 1. The summed E-state index contributed by atoms with van der Waals surface area (Å²) < 4.78 is 42.2. The van der Waals surface area contributed by atoms with Gasteiger partial charge in [0.05, 0.1) is 22.4 Å². The van der Waals surface area contributed by atoms with Crippen molar-refractivity contribution in [3.63, 3.8) is 0 Å². The van der Waals surface area contributed by atoms with E-state index in [1.165, 1.54) is 25.1 Å². The SMILES string of the molecule is CCCCNc1cc(Oc2ccccc2)c(S(N)(=O)=O)cc1C(=O)OC(C)C(=O)Oc1ccc2c(c1)/C(=C/c1[nH]c(C)c(C(=O)NCCC)c1C)C(=O)N2. The molecule has 1 aliphatic rings. The van der Waals surface area contributed by atoms with Crippen LogP contribution in [0.1, 0.15) is 83.3 Å². The summed E-state index contributed by atoms with van der Waals surface area (Å²) >= 11 is 0. The van der Waals surface area contributed by atoms with E-state index >= 15 is 0 Å². The summed E-state index contributed by atoms with van der Waals surface area (Å²) in [6, 6.07) is 15.4. The molecule has 15 heteroatoms. The molecule has 0 radical (unpaired) electrons. The molecule has 6 N–H and O–H groups in total. The van der Waals surface area contributed by atoms with Crippen LogP contribution in [0.3, 0.4) is 0 Å². The van der Waals surface area contributed by atoms with Gasteiger partial charge in [0.25, 0.3) is 11.8 Å². The van der Waals surface area contributed by atoms with Gasteiger partial charge < -0.3 is 35.1 Å². The van der Waals surface area contributed by atoms with Gasteiger partial charge in [0.1, 0.15) is 22.1 Å². The first-order valence-corrected chi connectivity index (χ1v) is 19.0. The summed E-state index contributed by atoms with van der Waals surface area (Å²) in [5.74, 6) is -2.23. The number of anilines is 2. The molecule has 54 heavy (non-hydrogen) atoms. The Hall–Kier alpha value is -5.93. The van der Waals surface area contributed by atoms with E-state index in [4.69, 9.17) is 19.3 Å². The fourth-order valence-corrected chi connectivity index (χ4v) is 6.43. The van der Waals surface area contributed by atoms with E-state index in [1.54, 1.807) is 56.3 Å². The van der Waals surface area contributed by atoms with Crippen molar-refractivity contribution in [3.05, 3.63) is 94.3 Å². The van der Waals surface area contributed by atoms with Crippen LogP contribution in [0, 0.1) is 13.8 Å². The van der Waals surface area contributed by atoms with Crippen LogP contribution >= 0.6 is 0 Å². The highest BCUT2D eigenvalue weighted by atomic mass is 32.2. The van der Waals surface area contributed by atoms with Gasteiger partial charge in [0.2, 0.25) is 10.0 Å². The van der Waals surface area contributed by atoms with Crippen molar-refractivity contribution in [1.29, 1.82) is 0 Å². The fraction of sp³-hybridized carbons (Fsp3) is 0.282. The first kappa shape index (κ1) is 39.3. The van der Waals surface area contributed by atoms with Crippen LogP contribution in [0.25, 0.3) is 11.6 Å². The van der Waals surface area contributed by atoms with Gasteiger partial charge in [-0.25, -0.2) is 23.1 Å². The van der Waals surface area contributed by atoms with Crippen molar-refractivity contribution < 1.29 is 41.8 Å². The number of benzene rings is 3. The lowest BCUT2D eigenvalue weighted by atomic mass is 10.0. The van der Waals surface area contributed by atoms with Crippen LogP contribution in [-0.4, -0.2) is 56.3 Å². The molecule has 1 aliphatic heterocycles. The van der Waals surface area contributed by atoms with Crippen molar-refractivity contribution in [2.75, 3.05) is 23.7 Å². The Morgan fingerprint density at radius 1 is 0.963 bits per heavy atom. The summed E-state index contributed by atoms with van der Waals surface area (Å²) in [6.45, 7) is 9.80. The van der Waals surface area contributed by atoms with E-state index < -0.39 is 33.0 Å². The zero-order valence-electron chi connectivity index (χ0n) is 30.6.